The van der Waals surface area contributed by atoms with Gasteiger partial charge in [-0.2, -0.15) is 0 Å². The Hall–Kier alpha value is -1.81. The Morgan fingerprint density at radius 3 is 2.68 bits per heavy atom. The Morgan fingerprint density at radius 2 is 2.00 bits per heavy atom. The van der Waals surface area contributed by atoms with Gasteiger partial charge in [0.25, 0.3) is 0 Å². The molecule has 2 rings (SSSR count). The van der Waals surface area contributed by atoms with E-state index in [1.807, 2.05) is 38.1 Å². The molecule has 1 unspecified atom stereocenters. The number of anilines is 1. The first kappa shape index (κ1) is 13.6. The predicted molar refractivity (Wildman–Crippen MR) is 76.8 cm³/mol. The Morgan fingerprint density at radius 1 is 1.26 bits per heavy atom. The van der Waals surface area contributed by atoms with Crippen molar-refractivity contribution in [3.8, 4) is 5.75 Å². The third kappa shape index (κ3) is 4.41. The molecule has 19 heavy (non-hydrogen) atoms. The first-order valence-electron chi connectivity index (χ1n) is 6.07. The molecule has 0 aliphatic heterocycles. The zero-order valence-corrected chi connectivity index (χ0v) is 11.7. The van der Waals surface area contributed by atoms with E-state index in [-0.39, 0.29) is 6.04 Å². The van der Waals surface area contributed by atoms with Gasteiger partial charge in [-0.25, -0.2) is 4.98 Å². The van der Waals surface area contributed by atoms with Crippen LogP contribution in [-0.4, -0.2) is 22.6 Å². The van der Waals surface area contributed by atoms with E-state index >= 15 is 0 Å². The van der Waals surface area contributed by atoms with Gasteiger partial charge in [-0.05, 0) is 26.0 Å². The highest BCUT2D eigenvalue weighted by Crippen LogP contribution is 2.13. The number of aromatic nitrogens is 2. The van der Waals surface area contributed by atoms with E-state index in [1.165, 1.54) is 11.8 Å². The smallest absolute Gasteiger partial charge is 0.149 e. The fraction of sp³-hybridized carbons (Fsp3) is 0.286. The maximum atomic E-state index is 5.77. The minimum absolute atomic E-state index is 0.106. The first-order valence-corrected chi connectivity index (χ1v) is 6.45. The van der Waals surface area contributed by atoms with Crippen LogP contribution in [0.4, 0.5) is 5.82 Å². The maximum absolute atomic E-state index is 5.77. The monoisotopic (exact) mass is 277 g/mol. The summed E-state index contributed by atoms with van der Waals surface area (Å²) >= 11 is 5.77. The number of nitrogens with zero attached hydrogens (tertiary/aromatic N) is 2. The quantitative estimate of drug-likeness (QED) is 0.911. The molecule has 100 valence electrons. The predicted octanol–water partition coefficient (Wildman–Crippen LogP) is 3.32. The molecule has 0 bridgehead atoms. The highest BCUT2D eigenvalue weighted by Gasteiger charge is 2.05. The molecule has 2 aromatic rings. The Labute approximate surface area is 117 Å². The van der Waals surface area contributed by atoms with Crippen LogP contribution in [0.1, 0.15) is 12.5 Å². The largest absolute Gasteiger partial charge is 0.491 e. The van der Waals surface area contributed by atoms with Crippen LogP contribution >= 0.6 is 11.6 Å². The summed E-state index contributed by atoms with van der Waals surface area (Å²) in [7, 11) is 0. The van der Waals surface area contributed by atoms with Gasteiger partial charge >= 0.3 is 0 Å². The summed E-state index contributed by atoms with van der Waals surface area (Å²) in [4.78, 5) is 8.08. The Balaban J connectivity index is 1.84. The molecule has 4 nitrogen and oxygen atoms in total. The molecule has 1 aromatic carbocycles. The van der Waals surface area contributed by atoms with Gasteiger partial charge < -0.3 is 10.1 Å². The minimum atomic E-state index is 0.106. The Kier molecular flexibility index (Phi) is 4.58. The van der Waals surface area contributed by atoms with E-state index in [0.717, 1.165) is 5.75 Å². The van der Waals surface area contributed by atoms with E-state index in [4.69, 9.17) is 16.3 Å². The molecule has 1 atom stereocenters. The lowest BCUT2D eigenvalue weighted by atomic mass is 10.2. The van der Waals surface area contributed by atoms with Crippen LogP contribution < -0.4 is 10.1 Å². The van der Waals surface area contributed by atoms with Crippen LogP contribution in [0.5, 0.6) is 5.75 Å². The average molecular weight is 278 g/mol. The van der Waals surface area contributed by atoms with E-state index in [0.29, 0.717) is 17.6 Å². The van der Waals surface area contributed by atoms with Gasteiger partial charge in [0.05, 0.1) is 18.4 Å². The molecule has 0 spiro atoms. The summed E-state index contributed by atoms with van der Waals surface area (Å²) in [6.45, 7) is 4.60. The summed E-state index contributed by atoms with van der Waals surface area (Å²) in [6, 6.07) is 8.07. The standard InChI is InChI=1S/C14H16ClN3O/c1-10-3-5-12(6-4-10)19-9-11(2)17-14-8-16-7-13(15)18-14/h3-8,11H,9H2,1-2H3,(H,17,18). The topological polar surface area (TPSA) is 47.0 Å². The summed E-state index contributed by atoms with van der Waals surface area (Å²) in [5.41, 5.74) is 1.22. The van der Waals surface area contributed by atoms with Crippen LogP contribution in [0, 0.1) is 6.92 Å². The average Bonchev–Trinajstić information content (AvgIpc) is 2.38. The van der Waals surface area contributed by atoms with Gasteiger partial charge in [-0.1, -0.05) is 29.3 Å². The third-order valence-electron chi connectivity index (χ3n) is 2.52. The van der Waals surface area contributed by atoms with Gasteiger partial charge in [0.2, 0.25) is 0 Å². The molecule has 0 radical (unpaired) electrons. The molecular weight excluding hydrogens is 262 g/mol. The fourth-order valence-electron chi connectivity index (χ4n) is 1.56. The van der Waals surface area contributed by atoms with Crippen molar-refractivity contribution in [2.75, 3.05) is 11.9 Å². The van der Waals surface area contributed by atoms with Gasteiger partial charge in [-0.3, -0.25) is 4.98 Å². The lowest BCUT2D eigenvalue weighted by molar-refractivity contribution is 0.303. The molecule has 0 saturated heterocycles. The third-order valence-corrected chi connectivity index (χ3v) is 2.70. The lowest BCUT2D eigenvalue weighted by Gasteiger charge is -2.15. The van der Waals surface area contributed by atoms with Crippen LogP contribution in [0.3, 0.4) is 0 Å². The maximum Gasteiger partial charge on any atom is 0.149 e. The zero-order valence-electron chi connectivity index (χ0n) is 10.9. The van der Waals surface area contributed by atoms with E-state index in [1.54, 1.807) is 6.20 Å². The van der Waals surface area contributed by atoms with E-state index in [9.17, 15) is 0 Å². The van der Waals surface area contributed by atoms with Crippen molar-refractivity contribution in [2.45, 2.75) is 19.9 Å². The van der Waals surface area contributed by atoms with Crippen molar-refractivity contribution in [3.63, 3.8) is 0 Å². The second-order valence-electron chi connectivity index (χ2n) is 4.40. The van der Waals surface area contributed by atoms with Crippen LogP contribution in [-0.2, 0) is 0 Å². The van der Waals surface area contributed by atoms with E-state index < -0.39 is 0 Å². The summed E-state index contributed by atoms with van der Waals surface area (Å²) in [6.07, 6.45) is 3.13. The molecule has 0 aliphatic carbocycles. The number of hydrogen-bond acceptors (Lipinski definition) is 4. The Bertz CT molecular complexity index is 530. The van der Waals surface area contributed by atoms with Crippen molar-refractivity contribution in [1.82, 2.24) is 9.97 Å². The number of nitrogens with one attached hydrogen (secondary N) is 1. The second-order valence-corrected chi connectivity index (χ2v) is 4.78. The molecule has 0 fully saturated rings. The second kappa shape index (κ2) is 6.38. The van der Waals surface area contributed by atoms with Gasteiger partial charge in [0.15, 0.2) is 0 Å². The number of rotatable bonds is 5. The molecule has 5 heteroatoms. The number of hydrogen-bond donors (Lipinski definition) is 1. The SMILES string of the molecule is Cc1ccc(OCC(C)Nc2cncc(Cl)n2)cc1. The normalized spacial score (nSPS) is 11.9. The summed E-state index contributed by atoms with van der Waals surface area (Å²) in [5, 5.41) is 3.55. The number of ether oxygens (including phenoxy) is 1. The van der Waals surface area contributed by atoms with Gasteiger partial charge in [-0.15, -0.1) is 0 Å². The van der Waals surface area contributed by atoms with Crippen molar-refractivity contribution in [3.05, 3.63) is 47.4 Å². The van der Waals surface area contributed by atoms with Crippen molar-refractivity contribution in [1.29, 1.82) is 0 Å². The zero-order chi connectivity index (χ0) is 13.7. The first-order chi connectivity index (χ1) is 9.13. The minimum Gasteiger partial charge on any atom is -0.491 e. The van der Waals surface area contributed by atoms with Gasteiger partial charge in [0, 0.05) is 0 Å². The molecule has 1 aromatic heterocycles. The molecule has 0 amide bonds. The number of aryl methyl sites for hydroxylation is 1. The van der Waals surface area contributed by atoms with Crippen molar-refractivity contribution in [2.24, 2.45) is 0 Å². The van der Waals surface area contributed by atoms with Crippen LogP contribution in [0.15, 0.2) is 36.7 Å². The molecule has 0 saturated carbocycles. The van der Waals surface area contributed by atoms with Crippen molar-refractivity contribution < 1.29 is 4.74 Å². The van der Waals surface area contributed by atoms with Crippen LogP contribution in [0.25, 0.3) is 0 Å². The summed E-state index contributed by atoms with van der Waals surface area (Å²) < 4.78 is 5.68. The molecule has 0 aliphatic rings. The number of halogens is 1. The van der Waals surface area contributed by atoms with E-state index in [2.05, 4.69) is 15.3 Å². The number of benzene rings is 1. The summed E-state index contributed by atoms with van der Waals surface area (Å²) in [5.74, 6) is 1.50. The molecule has 1 N–H and O–H groups in total. The van der Waals surface area contributed by atoms with Crippen molar-refractivity contribution >= 4 is 17.4 Å². The highest BCUT2D eigenvalue weighted by atomic mass is 35.5. The fourth-order valence-corrected chi connectivity index (χ4v) is 1.71. The van der Waals surface area contributed by atoms with Gasteiger partial charge in [0.1, 0.15) is 23.3 Å². The highest BCUT2D eigenvalue weighted by molar-refractivity contribution is 6.29. The lowest BCUT2D eigenvalue weighted by Crippen LogP contribution is -2.24. The molecule has 1 heterocycles. The molecular formula is C14H16ClN3O. The van der Waals surface area contributed by atoms with Crippen LogP contribution in [0.2, 0.25) is 5.15 Å².